The summed E-state index contributed by atoms with van der Waals surface area (Å²) in [5, 5.41) is 0. The van der Waals surface area contributed by atoms with Crippen LogP contribution in [0.15, 0.2) is 23.0 Å². The highest BCUT2D eigenvalue weighted by Gasteiger charge is 2.77. The average molecular weight is 543 g/mol. The fraction of sp³-hybridized carbons (Fsp3) is 0.778. The Kier molecular flexibility index (Phi) is 5.89. The Hall–Kier alpha value is -1.95. The largest absolute Gasteiger partial charge is 0.501 e. The highest BCUT2D eigenvalue weighted by Crippen LogP contribution is 2.72. The van der Waals surface area contributed by atoms with Crippen molar-refractivity contribution in [3.63, 3.8) is 0 Å². The van der Waals surface area contributed by atoms with E-state index in [9.17, 15) is 22.8 Å². The molecule has 6 aliphatic rings. The van der Waals surface area contributed by atoms with Crippen molar-refractivity contribution in [2.24, 2.45) is 28.6 Å². The van der Waals surface area contributed by atoms with Crippen LogP contribution in [0.2, 0.25) is 0 Å². The highest BCUT2D eigenvalue weighted by molar-refractivity contribution is 5.78. The van der Waals surface area contributed by atoms with E-state index in [0.29, 0.717) is 37.7 Å². The molecule has 8 nitrogen and oxygen atoms in total. The fourth-order valence-corrected chi connectivity index (χ4v) is 9.15. The second-order valence-electron chi connectivity index (χ2n) is 12.0. The fourth-order valence-electron chi connectivity index (χ4n) is 9.15. The Labute approximate surface area is 218 Å². The van der Waals surface area contributed by atoms with Gasteiger partial charge in [-0.1, -0.05) is 13.8 Å². The molecule has 2 heterocycles. The third-order valence-corrected chi connectivity index (χ3v) is 10.7. The summed E-state index contributed by atoms with van der Waals surface area (Å²) in [5.74, 6) is -3.33. The standard InChI is InChI=1S/C27H33F3O8/c1-23-6-4-16(33-3)9-19(23)15(11-31)8-17-18-5-7-25(26(37-14-35-25)12-34-13-36-26)24(18,2)10-20(21(17)23)38-22(32)27(28,29)30/h9,11,17-18,20-21H,4-8,10,12-14H2,1-3H3/t17?,18?,20?,21?,23-,24-,25+,26?/m0/s1. The quantitative estimate of drug-likeness (QED) is 0.388. The van der Waals surface area contributed by atoms with Gasteiger partial charge in [0, 0.05) is 23.2 Å². The van der Waals surface area contributed by atoms with E-state index < -0.39 is 46.4 Å². The first-order chi connectivity index (χ1) is 17.9. The van der Waals surface area contributed by atoms with Crippen molar-refractivity contribution in [2.75, 3.05) is 27.3 Å². The van der Waals surface area contributed by atoms with Gasteiger partial charge in [0.25, 0.3) is 0 Å². The van der Waals surface area contributed by atoms with Crippen LogP contribution in [0.3, 0.4) is 0 Å². The molecule has 4 aliphatic carbocycles. The summed E-state index contributed by atoms with van der Waals surface area (Å²) >= 11 is 0. The van der Waals surface area contributed by atoms with Gasteiger partial charge in [-0.05, 0) is 61.2 Å². The number of hydrogen-bond acceptors (Lipinski definition) is 8. The maximum absolute atomic E-state index is 13.5. The summed E-state index contributed by atoms with van der Waals surface area (Å²) in [5.41, 5.74) is -1.04. The van der Waals surface area contributed by atoms with Gasteiger partial charge in [0.05, 0.1) is 12.9 Å². The zero-order chi connectivity index (χ0) is 27.1. The number of rotatable bonds is 3. The molecule has 38 heavy (non-hydrogen) atoms. The molecule has 0 aromatic carbocycles. The van der Waals surface area contributed by atoms with Crippen LogP contribution in [-0.2, 0) is 38.0 Å². The SMILES string of the molecule is COC1=CC2=C(C=O)CC3C(C(OC(=O)C(F)(F)F)C[C@@]4(C)C3CC[C@@]43OCOC34COCO4)[C@@]2(C)CC1. The minimum absolute atomic E-state index is 0.0258. The number of carbonyl (C=O) groups is 2. The van der Waals surface area contributed by atoms with Crippen LogP contribution in [0.1, 0.15) is 52.4 Å². The number of alkyl halides is 3. The number of fused-ring (bicyclic) bond motifs is 7. The van der Waals surface area contributed by atoms with Crippen molar-refractivity contribution in [1.82, 2.24) is 0 Å². The lowest BCUT2D eigenvalue weighted by Gasteiger charge is -2.61. The summed E-state index contributed by atoms with van der Waals surface area (Å²) in [6.45, 7) is 4.11. The van der Waals surface area contributed by atoms with Crippen LogP contribution in [0.25, 0.3) is 0 Å². The van der Waals surface area contributed by atoms with Crippen LogP contribution in [0.5, 0.6) is 0 Å². The van der Waals surface area contributed by atoms with E-state index in [-0.39, 0.29) is 38.4 Å². The van der Waals surface area contributed by atoms with E-state index in [4.69, 9.17) is 28.4 Å². The molecule has 210 valence electrons. The predicted molar refractivity (Wildman–Crippen MR) is 123 cm³/mol. The van der Waals surface area contributed by atoms with Gasteiger partial charge in [-0.15, -0.1) is 0 Å². The summed E-state index contributed by atoms with van der Waals surface area (Å²) in [7, 11) is 1.56. The number of methoxy groups -OCH3 is 1. The van der Waals surface area contributed by atoms with E-state index >= 15 is 0 Å². The molecule has 11 heteroatoms. The second-order valence-corrected chi connectivity index (χ2v) is 12.0. The molecule has 2 saturated carbocycles. The normalized spacial score (nSPS) is 46.0. The van der Waals surface area contributed by atoms with Gasteiger partial charge in [-0.25, -0.2) is 4.79 Å². The molecule has 0 bridgehead atoms. The number of halogens is 3. The van der Waals surface area contributed by atoms with E-state index in [0.717, 1.165) is 17.6 Å². The molecule has 5 unspecified atom stereocenters. The van der Waals surface area contributed by atoms with E-state index in [1.54, 1.807) is 7.11 Å². The molecule has 8 atom stereocenters. The van der Waals surface area contributed by atoms with E-state index in [2.05, 4.69) is 0 Å². The number of ether oxygens (including phenoxy) is 6. The zero-order valence-electron chi connectivity index (χ0n) is 21.7. The lowest BCUT2D eigenvalue weighted by atomic mass is 9.45. The molecule has 0 amide bonds. The smallest absolute Gasteiger partial charge is 0.490 e. The number of carbonyl (C=O) groups excluding carboxylic acids is 2. The molecule has 0 N–H and O–H groups in total. The lowest BCUT2D eigenvalue weighted by molar-refractivity contribution is -0.262. The summed E-state index contributed by atoms with van der Waals surface area (Å²) in [6, 6.07) is 0. The van der Waals surface area contributed by atoms with Crippen molar-refractivity contribution >= 4 is 12.3 Å². The predicted octanol–water partition coefficient (Wildman–Crippen LogP) is 4.19. The Morgan fingerprint density at radius 1 is 1.16 bits per heavy atom. The summed E-state index contributed by atoms with van der Waals surface area (Å²) in [6.07, 6.45) is -0.558. The molecule has 0 aromatic heterocycles. The summed E-state index contributed by atoms with van der Waals surface area (Å²) in [4.78, 5) is 24.7. The molecule has 2 aliphatic heterocycles. The van der Waals surface area contributed by atoms with Crippen LogP contribution in [0.4, 0.5) is 13.2 Å². The molecular formula is C27H33F3O8. The first kappa shape index (κ1) is 26.3. The first-order valence-corrected chi connectivity index (χ1v) is 13.2. The van der Waals surface area contributed by atoms with Crippen molar-refractivity contribution in [3.8, 4) is 0 Å². The minimum Gasteiger partial charge on any atom is -0.501 e. The van der Waals surface area contributed by atoms with Crippen LogP contribution in [-0.4, -0.2) is 63.2 Å². The van der Waals surface area contributed by atoms with Gasteiger partial charge in [0.2, 0.25) is 5.79 Å². The van der Waals surface area contributed by atoms with Gasteiger partial charge in [0.15, 0.2) is 13.6 Å². The molecule has 2 saturated heterocycles. The number of hydrogen-bond donors (Lipinski definition) is 0. The molecule has 0 aromatic rings. The average Bonchev–Trinajstić information content (AvgIpc) is 3.57. The van der Waals surface area contributed by atoms with Crippen molar-refractivity contribution in [1.29, 1.82) is 0 Å². The topological polar surface area (TPSA) is 89.5 Å². The minimum atomic E-state index is -5.13. The Balaban J connectivity index is 1.49. The molecule has 2 spiro atoms. The maximum Gasteiger partial charge on any atom is 0.490 e. The molecule has 4 fully saturated rings. The first-order valence-electron chi connectivity index (χ1n) is 13.2. The molecule has 6 rings (SSSR count). The molecular weight excluding hydrogens is 509 g/mol. The lowest BCUT2D eigenvalue weighted by Crippen LogP contribution is -2.66. The van der Waals surface area contributed by atoms with Gasteiger partial charge in [-0.2, -0.15) is 13.2 Å². The highest BCUT2D eigenvalue weighted by atomic mass is 19.4. The zero-order valence-corrected chi connectivity index (χ0v) is 21.7. The van der Waals surface area contributed by atoms with Gasteiger partial charge >= 0.3 is 12.1 Å². The number of aldehydes is 1. The van der Waals surface area contributed by atoms with E-state index in [1.165, 1.54) is 0 Å². The Bertz CT molecular complexity index is 1090. The van der Waals surface area contributed by atoms with Crippen molar-refractivity contribution in [2.45, 2.75) is 76.0 Å². The van der Waals surface area contributed by atoms with Crippen LogP contribution < -0.4 is 0 Å². The Morgan fingerprint density at radius 3 is 2.58 bits per heavy atom. The van der Waals surface area contributed by atoms with Gasteiger partial charge < -0.3 is 28.4 Å². The number of esters is 1. The van der Waals surface area contributed by atoms with Gasteiger partial charge in [-0.3, -0.25) is 4.79 Å². The number of allylic oxidation sites excluding steroid dienone is 4. The van der Waals surface area contributed by atoms with E-state index in [1.807, 2.05) is 19.9 Å². The van der Waals surface area contributed by atoms with Crippen LogP contribution in [0, 0.1) is 28.6 Å². The Morgan fingerprint density at radius 2 is 1.92 bits per heavy atom. The maximum atomic E-state index is 13.5. The van der Waals surface area contributed by atoms with Crippen LogP contribution >= 0.6 is 0 Å². The van der Waals surface area contributed by atoms with Gasteiger partial charge in [0.1, 0.15) is 24.6 Å². The van der Waals surface area contributed by atoms with Crippen molar-refractivity contribution in [3.05, 3.63) is 23.0 Å². The third-order valence-electron chi connectivity index (χ3n) is 10.7. The third kappa shape index (κ3) is 3.31. The molecule has 0 radical (unpaired) electrons. The second kappa shape index (κ2) is 8.52. The summed E-state index contributed by atoms with van der Waals surface area (Å²) < 4.78 is 75.3. The van der Waals surface area contributed by atoms with Crippen molar-refractivity contribution < 1.29 is 51.2 Å². The monoisotopic (exact) mass is 542 g/mol.